The van der Waals surface area contributed by atoms with Gasteiger partial charge < -0.3 is 0 Å². The molecule has 0 unspecified atom stereocenters. The number of aromatic nitrogens is 1. The third kappa shape index (κ3) is 3.58. The molecule has 0 aliphatic rings. The first-order chi connectivity index (χ1) is 13.6. The van der Waals surface area contributed by atoms with Gasteiger partial charge in [-0.15, -0.1) is 0 Å². The summed E-state index contributed by atoms with van der Waals surface area (Å²) in [6.07, 6.45) is 1.84. The Hall–Kier alpha value is -3.66. The maximum Gasteiger partial charge on any atom is 0.270 e. The van der Waals surface area contributed by atoms with E-state index in [2.05, 4.69) is 34.7 Å². The van der Waals surface area contributed by atoms with Crippen molar-refractivity contribution in [2.24, 2.45) is 4.99 Å². The molecule has 0 fully saturated rings. The number of carbonyl (C=O) groups is 1. The summed E-state index contributed by atoms with van der Waals surface area (Å²) in [5.74, 6) is -0.139. The van der Waals surface area contributed by atoms with Crippen molar-refractivity contribution in [2.75, 3.05) is 5.43 Å². The van der Waals surface area contributed by atoms with Crippen LogP contribution in [-0.2, 0) is 0 Å². The summed E-state index contributed by atoms with van der Waals surface area (Å²) in [4.78, 5) is 17.1. The minimum absolute atomic E-state index is 0.139. The Bertz CT molecular complexity index is 1170. The summed E-state index contributed by atoms with van der Waals surface area (Å²) in [5.41, 5.74) is 7.33. The third-order valence-electron chi connectivity index (χ3n) is 4.81. The van der Waals surface area contributed by atoms with Crippen LogP contribution in [0.2, 0.25) is 0 Å². The van der Waals surface area contributed by atoms with Gasteiger partial charge in [-0.2, -0.15) is 0 Å². The molecule has 1 amide bonds. The lowest BCUT2D eigenvalue weighted by molar-refractivity contribution is 0.101. The Morgan fingerprint density at radius 3 is 2.39 bits per heavy atom. The van der Waals surface area contributed by atoms with Gasteiger partial charge in [-0.25, -0.2) is 0 Å². The van der Waals surface area contributed by atoms with E-state index in [1.165, 1.54) is 5.39 Å². The van der Waals surface area contributed by atoms with Crippen LogP contribution in [0.5, 0.6) is 0 Å². The summed E-state index contributed by atoms with van der Waals surface area (Å²) in [5, 5.41) is 2.36. The van der Waals surface area contributed by atoms with Crippen LogP contribution in [0.15, 0.2) is 83.9 Å². The van der Waals surface area contributed by atoms with Crippen molar-refractivity contribution >= 4 is 28.6 Å². The molecule has 0 spiro atoms. The fraction of sp³-hybridized carbons (Fsp3) is 0.0833. The molecule has 4 rings (SSSR count). The number of carbonyl (C=O) groups excluding carboxylic acids is 1. The van der Waals surface area contributed by atoms with Crippen molar-refractivity contribution in [3.05, 3.63) is 101 Å². The molecule has 4 aromatic rings. The molecule has 0 saturated carbocycles. The lowest BCUT2D eigenvalue weighted by Crippen LogP contribution is -2.24. The number of rotatable bonds is 4. The molecule has 0 radical (unpaired) electrons. The zero-order chi connectivity index (χ0) is 19.5. The average molecular weight is 367 g/mol. The van der Waals surface area contributed by atoms with E-state index < -0.39 is 0 Å². The first-order valence-corrected chi connectivity index (χ1v) is 9.20. The predicted molar refractivity (Wildman–Crippen MR) is 115 cm³/mol. The van der Waals surface area contributed by atoms with Crippen molar-refractivity contribution in [3.63, 3.8) is 0 Å². The Balaban J connectivity index is 1.58. The van der Waals surface area contributed by atoms with Crippen molar-refractivity contribution in [1.29, 1.82) is 0 Å². The van der Waals surface area contributed by atoms with E-state index in [1.807, 2.05) is 62.5 Å². The second kappa shape index (κ2) is 7.53. The summed E-state index contributed by atoms with van der Waals surface area (Å²) < 4.78 is 1.80. The number of aliphatic imine (C=N–C) groups is 1. The molecule has 4 nitrogen and oxygen atoms in total. The van der Waals surface area contributed by atoms with E-state index in [-0.39, 0.29) is 5.91 Å². The van der Waals surface area contributed by atoms with Crippen molar-refractivity contribution < 1.29 is 4.79 Å². The van der Waals surface area contributed by atoms with Crippen LogP contribution in [0.25, 0.3) is 10.8 Å². The Morgan fingerprint density at radius 2 is 1.61 bits per heavy atom. The second-order valence-corrected chi connectivity index (χ2v) is 6.76. The number of amides is 1. The largest absolute Gasteiger partial charge is 0.270 e. The van der Waals surface area contributed by atoms with Gasteiger partial charge in [0.25, 0.3) is 5.91 Å². The van der Waals surface area contributed by atoms with Gasteiger partial charge in [0.05, 0.1) is 5.69 Å². The van der Waals surface area contributed by atoms with E-state index in [0.29, 0.717) is 5.56 Å². The van der Waals surface area contributed by atoms with Gasteiger partial charge in [0.15, 0.2) is 0 Å². The monoisotopic (exact) mass is 367 g/mol. The van der Waals surface area contributed by atoms with Gasteiger partial charge in [0, 0.05) is 28.7 Å². The molecule has 0 atom stereocenters. The Labute approximate surface area is 164 Å². The number of benzene rings is 3. The second-order valence-electron chi connectivity index (χ2n) is 6.76. The highest BCUT2D eigenvalue weighted by molar-refractivity contribution is 6.00. The van der Waals surface area contributed by atoms with E-state index in [0.717, 1.165) is 28.0 Å². The molecule has 138 valence electrons. The van der Waals surface area contributed by atoms with Gasteiger partial charge in [0.2, 0.25) is 0 Å². The molecular formula is C24H21N3O. The van der Waals surface area contributed by atoms with Crippen LogP contribution in [-0.4, -0.2) is 16.8 Å². The van der Waals surface area contributed by atoms with Crippen molar-refractivity contribution in [1.82, 2.24) is 4.68 Å². The minimum atomic E-state index is -0.139. The molecule has 1 N–H and O–H groups in total. The Kier molecular flexibility index (Phi) is 4.77. The van der Waals surface area contributed by atoms with E-state index >= 15 is 0 Å². The molecule has 0 bridgehead atoms. The molecule has 28 heavy (non-hydrogen) atoms. The fourth-order valence-corrected chi connectivity index (χ4v) is 3.25. The van der Waals surface area contributed by atoms with Gasteiger partial charge >= 0.3 is 0 Å². The van der Waals surface area contributed by atoms with Crippen molar-refractivity contribution in [3.8, 4) is 0 Å². The van der Waals surface area contributed by atoms with Crippen LogP contribution < -0.4 is 5.43 Å². The molecule has 0 saturated heterocycles. The van der Waals surface area contributed by atoms with Crippen LogP contribution in [0.3, 0.4) is 0 Å². The summed E-state index contributed by atoms with van der Waals surface area (Å²) >= 11 is 0. The molecule has 0 aliphatic heterocycles. The first kappa shape index (κ1) is 17.7. The summed E-state index contributed by atoms with van der Waals surface area (Å²) in [7, 11) is 0. The maximum atomic E-state index is 12.5. The number of nitrogens with zero attached hydrogens (tertiary/aromatic N) is 2. The summed E-state index contributed by atoms with van der Waals surface area (Å²) in [6.45, 7) is 3.94. The predicted octanol–water partition coefficient (Wildman–Crippen LogP) is 5.39. The highest BCUT2D eigenvalue weighted by Crippen LogP contribution is 2.21. The number of fused-ring (bicyclic) bond motifs is 1. The van der Waals surface area contributed by atoms with Gasteiger partial charge in [-0.1, -0.05) is 48.5 Å². The highest BCUT2D eigenvalue weighted by atomic mass is 16.2. The lowest BCUT2D eigenvalue weighted by atomic mass is 10.1. The lowest BCUT2D eigenvalue weighted by Gasteiger charge is -2.11. The molecule has 0 aliphatic carbocycles. The average Bonchev–Trinajstić information content (AvgIpc) is 3.00. The van der Waals surface area contributed by atoms with Gasteiger partial charge in [0.1, 0.15) is 0 Å². The maximum absolute atomic E-state index is 12.5. The van der Waals surface area contributed by atoms with Crippen LogP contribution in [0.4, 0.5) is 5.69 Å². The molecule has 1 aromatic heterocycles. The number of hydrogen-bond donors (Lipinski definition) is 1. The van der Waals surface area contributed by atoms with Crippen LogP contribution >= 0.6 is 0 Å². The summed E-state index contributed by atoms with van der Waals surface area (Å²) in [6, 6.07) is 25.6. The molecule has 3 aromatic carbocycles. The highest BCUT2D eigenvalue weighted by Gasteiger charge is 2.11. The standard InChI is InChI=1S/C24H21N3O/c1-17-14-22(16-25-23-13-12-19-8-6-7-11-21(19)15-23)18(2)27(17)26-24(28)20-9-4-3-5-10-20/h3-16H,1-2H3,(H,26,28). The molecule has 1 heterocycles. The zero-order valence-corrected chi connectivity index (χ0v) is 15.9. The van der Waals surface area contributed by atoms with E-state index in [1.54, 1.807) is 16.8 Å². The van der Waals surface area contributed by atoms with Crippen molar-refractivity contribution in [2.45, 2.75) is 13.8 Å². The normalized spacial score (nSPS) is 11.2. The van der Waals surface area contributed by atoms with Crippen LogP contribution in [0.1, 0.15) is 27.3 Å². The van der Waals surface area contributed by atoms with Gasteiger partial charge in [-0.3, -0.25) is 19.9 Å². The third-order valence-corrected chi connectivity index (χ3v) is 4.81. The SMILES string of the molecule is Cc1cc(C=Nc2ccc3ccccc3c2)c(C)n1NC(=O)c1ccccc1. The first-order valence-electron chi connectivity index (χ1n) is 9.20. The van der Waals surface area contributed by atoms with E-state index in [9.17, 15) is 4.79 Å². The number of hydrogen-bond acceptors (Lipinski definition) is 2. The zero-order valence-electron chi connectivity index (χ0n) is 15.9. The van der Waals surface area contributed by atoms with E-state index in [4.69, 9.17) is 0 Å². The topological polar surface area (TPSA) is 46.4 Å². The smallest absolute Gasteiger partial charge is 0.267 e. The Morgan fingerprint density at radius 1 is 0.893 bits per heavy atom. The minimum Gasteiger partial charge on any atom is -0.267 e. The quantitative estimate of drug-likeness (QED) is 0.483. The van der Waals surface area contributed by atoms with Gasteiger partial charge in [-0.05, 0) is 55.0 Å². The van der Waals surface area contributed by atoms with Crippen LogP contribution in [0, 0.1) is 13.8 Å². The molecule has 4 heteroatoms. The molecular weight excluding hydrogens is 346 g/mol. The fourth-order valence-electron chi connectivity index (χ4n) is 3.25. The number of aryl methyl sites for hydroxylation is 1. The number of nitrogens with one attached hydrogen (secondary N) is 1.